The molecule has 0 fully saturated rings. The maximum atomic E-state index is 12.5. The number of rotatable bonds is 6. The van der Waals surface area contributed by atoms with Crippen LogP contribution < -0.4 is 15.4 Å². The van der Waals surface area contributed by atoms with Crippen molar-refractivity contribution in [2.75, 3.05) is 17.7 Å². The number of benzene rings is 2. The van der Waals surface area contributed by atoms with Crippen LogP contribution in [0.25, 0.3) is 0 Å². The standard InChI is InChI=1S/C19H21ClN2O3S/c1-11-9-17(18(25-4)10-16(11)20)22-19(24)12(2)26-15-7-5-14(6-8-15)21-13(3)23/h5-10,12H,1-4H3,(H,21,23)(H,22,24)/t12-/m1/s1. The molecule has 0 bridgehead atoms. The van der Waals surface area contributed by atoms with Crippen molar-refractivity contribution in [1.29, 1.82) is 0 Å². The van der Waals surface area contributed by atoms with Crippen LogP contribution in [-0.2, 0) is 9.59 Å². The van der Waals surface area contributed by atoms with E-state index in [-0.39, 0.29) is 17.1 Å². The lowest BCUT2D eigenvalue weighted by atomic mass is 10.2. The molecule has 0 aliphatic rings. The van der Waals surface area contributed by atoms with Crippen molar-refractivity contribution in [1.82, 2.24) is 0 Å². The minimum Gasteiger partial charge on any atom is -0.495 e. The molecule has 138 valence electrons. The third kappa shape index (κ3) is 5.41. The van der Waals surface area contributed by atoms with E-state index < -0.39 is 0 Å². The SMILES string of the molecule is COc1cc(Cl)c(C)cc1NC(=O)[C@@H](C)Sc1ccc(NC(C)=O)cc1. The van der Waals surface area contributed by atoms with Crippen LogP contribution in [0.5, 0.6) is 5.75 Å². The number of anilines is 2. The summed E-state index contributed by atoms with van der Waals surface area (Å²) in [4.78, 5) is 24.5. The van der Waals surface area contributed by atoms with E-state index in [0.29, 0.717) is 16.5 Å². The lowest BCUT2D eigenvalue weighted by Crippen LogP contribution is -2.22. The van der Waals surface area contributed by atoms with Gasteiger partial charge in [0.1, 0.15) is 5.75 Å². The summed E-state index contributed by atoms with van der Waals surface area (Å²) in [7, 11) is 1.53. The van der Waals surface area contributed by atoms with Crippen LogP contribution in [0.15, 0.2) is 41.3 Å². The summed E-state index contributed by atoms with van der Waals surface area (Å²) in [5, 5.41) is 5.87. The number of carbonyl (C=O) groups excluding carboxylic acids is 2. The quantitative estimate of drug-likeness (QED) is 0.697. The molecule has 0 radical (unpaired) electrons. The van der Waals surface area contributed by atoms with Crippen molar-refractivity contribution in [3.63, 3.8) is 0 Å². The lowest BCUT2D eigenvalue weighted by molar-refractivity contribution is -0.115. The highest BCUT2D eigenvalue weighted by Gasteiger charge is 2.17. The van der Waals surface area contributed by atoms with Crippen molar-refractivity contribution in [3.05, 3.63) is 47.0 Å². The maximum absolute atomic E-state index is 12.5. The third-order valence-electron chi connectivity index (χ3n) is 3.60. The molecule has 0 aliphatic carbocycles. The fourth-order valence-corrected chi connectivity index (χ4v) is 3.26. The highest BCUT2D eigenvalue weighted by atomic mass is 35.5. The smallest absolute Gasteiger partial charge is 0.237 e. The molecule has 0 saturated carbocycles. The first-order valence-electron chi connectivity index (χ1n) is 7.99. The van der Waals surface area contributed by atoms with Crippen LogP contribution in [0.1, 0.15) is 19.4 Å². The highest BCUT2D eigenvalue weighted by molar-refractivity contribution is 8.00. The van der Waals surface area contributed by atoms with Crippen molar-refractivity contribution >= 4 is 46.6 Å². The molecule has 5 nitrogen and oxygen atoms in total. The number of methoxy groups -OCH3 is 1. The fraction of sp³-hybridized carbons (Fsp3) is 0.263. The van der Waals surface area contributed by atoms with E-state index in [1.54, 1.807) is 24.3 Å². The van der Waals surface area contributed by atoms with Gasteiger partial charge in [-0.15, -0.1) is 11.8 Å². The summed E-state index contributed by atoms with van der Waals surface area (Å²) in [5.41, 5.74) is 2.17. The molecular weight excluding hydrogens is 372 g/mol. The third-order valence-corrected chi connectivity index (χ3v) is 5.11. The van der Waals surface area contributed by atoms with Gasteiger partial charge in [0, 0.05) is 28.6 Å². The number of amides is 2. The van der Waals surface area contributed by atoms with E-state index in [1.165, 1.54) is 25.8 Å². The van der Waals surface area contributed by atoms with Gasteiger partial charge in [-0.05, 0) is 49.7 Å². The van der Waals surface area contributed by atoms with Crippen LogP contribution in [0.4, 0.5) is 11.4 Å². The van der Waals surface area contributed by atoms with E-state index in [4.69, 9.17) is 16.3 Å². The average molecular weight is 393 g/mol. The van der Waals surface area contributed by atoms with E-state index in [0.717, 1.165) is 16.1 Å². The van der Waals surface area contributed by atoms with Crippen molar-refractivity contribution in [2.24, 2.45) is 0 Å². The normalized spacial score (nSPS) is 11.6. The second kappa shape index (κ2) is 8.96. The molecule has 1 atom stereocenters. The zero-order valence-electron chi connectivity index (χ0n) is 15.1. The number of hydrogen-bond donors (Lipinski definition) is 2. The number of hydrogen-bond acceptors (Lipinski definition) is 4. The first kappa shape index (κ1) is 20.1. The number of carbonyl (C=O) groups is 2. The minimum atomic E-state index is -0.317. The largest absolute Gasteiger partial charge is 0.495 e. The van der Waals surface area contributed by atoms with Crippen LogP contribution in [0.3, 0.4) is 0 Å². The first-order chi connectivity index (χ1) is 12.3. The predicted octanol–water partition coefficient (Wildman–Crippen LogP) is 4.73. The van der Waals surface area contributed by atoms with Gasteiger partial charge in [0.15, 0.2) is 0 Å². The summed E-state index contributed by atoms with van der Waals surface area (Å²) in [5.74, 6) is 0.261. The van der Waals surface area contributed by atoms with E-state index in [2.05, 4.69) is 10.6 Å². The molecule has 0 saturated heterocycles. The monoisotopic (exact) mass is 392 g/mol. The van der Waals surface area contributed by atoms with Crippen LogP contribution in [0, 0.1) is 6.92 Å². The number of aryl methyl sites for hydroxylation is 1. The van der Waals surface area contributed by atoms with Gasteiger partial charge in [-0.3, -0.25) is 9.59 Å². The summed E-state index contributed by atoms with van der Waals surface area (Å²) in [6.07, 6.45) is 0. The van der Waals surface area contributed by atoms with Crippen LogP contribution >= 0.6 is 23.4 Å². The first-order valence-corrected chi connectivity index (χ1v) is 9.25. The number of nitrogens with one attached hydrogen (secondary N) is 2. The van der Waals surface area contributed by atoms with Gasteiger partial charge >= 0.3 is 0 Å². The van der Waals surface area contributed by atoms with Crippen molar-refractivity contribution in [3.8, 4) is 5.75 Å². The number of thioether (sulfide) groups is 1. The fourth-order valence-electron chi connectivity index (χ4n) is 2.24. The van der Waals surface area contributed by atoms with Gasteiger partial charge in [-0.2, -0.15) is 0 Å². The molecule has 0 unspecified atom stereocenters. The Labute approximate surface area is 162 Å². The second-order valence-electron chi connectivity index (χ2n) is 5.76. The Morgan fingerprint density at radius 2 is 1.81 bits per heavy atom. The Morgan fingerprint density at radius 3 is 2.38 bits per heavy atom. The van der Waals surface area contributed by atoms with E-state index in [9.17, 15) is 9.59 Å². The van der Waals surface area contributed by atoms with Crippen LogP contribution in [0.2, 0.25) is 5.02 Å². The molecule has 2 rings (SSSR count). The predicted molar refractivity (Wildman–Crippen MR) is 107 cm³/mol. The summed E-state index contributed by atoms with van der Waals surface area (Å²) < 4.78 is 5.28. The Kier molecular flexibility index (Phi) is 6.94. The van der Waals surface area contributed by atoms with Gasteiger partial charge < -0.3 is 15.4 Å². The van der Waals surface area contributed by atoms with E-state index in [1.807, 2.05) is 26.0 Å². The molecule has 7 heteroatoms. The second-order valence-corrected chi connectivity index (χ2v) is 7.58. The molecule has 2 aromatic carbocycles. The number of ether oxygens (including phenoxy) is 1. The van der Waals surface area contributed by atoms with Crippen molar-refractivity contribution < 1.29 is 14.3 Å². The van der Waals surface area contributed by atoms with Crippen molar-refractivity contribution in [2.45, 2.75) is 30.9 Å². The zero-order valence-corrected chi connectivity index (χ0v) is 16.6. The molecule has 0 heterocycles. The molecule has 2 N–H and O–H groups in total. The maximum Gasteiger partial charge on any atom is 0.237 e. The molecule has 0 spiro atoms. The highest BCUT2D eigenvalue weighted by Crippen LogP contribution is 2.32. The van der Waals surface area contributed by atoms with Gasteiger partial charge in [0.25, 0.3) is 0 Å². The molecule has 2 amide bonds. The van der Waals surface area contributed by atoms with Gasteiger partial charge in [0.2, 0.25) is 11.8 Å². The van der Waals surface area contributed by atoms with Gasteiger partial charge in [0.05, 0.1) is 18.0 Å². The van der Waals surface area contributed by atoms with Crippen LogP contribution in [-0.4, -0.2) is 24.2 Å². The molecule has 2 aromatic rings. The Balaban J connectivity index is 2.04. The minimum absolute atomic E-state index is 0.120. The zero-order chi connectivity index (χ0) is 19.3. The molecular formula is C19H21ClN2O3S. The van der Waals surface area contributed by atoms with Gasteiger partial charge in [-0.25, -0.2) is 0 Å². The Bertz CT molecular complexity index is 809. The molecule has 26 heavy (non-hydrogen) atoms. The summed E-state index contributed by atoms with van der Waals surface area (Å²) in [6, 6.07) is 10.8. The Morgan fingerprint density at radius 1 is 1.15 bits per heavy atom. The van der Waals surface area contributed by atoms with Gasteiger partial charge in [-0.1, -0.05) is 11.6 Å². The number of halogens is 1. The summed E-state index contributed by atoms with van der Waals surface area (Å²) in [6.45, 7) is 5.16. The molecule has 0 aromatic heterocycles. The Hall–Kier alpha value is -2.18. The average Bonchev–Trinajstić information content (AvgIpc) is 2.59. The summed E-state index contributed by atoms with van der Waals surface area (Å²) >= 11 is 7.52. The van der Waals surface area contributed by atoms with E-state index >= 15 is 0 Å². The molecule has 0 aliphatic heterocycles. The topological polar surface area (TPSA) is 67.4 Å². The lowest BCUT2D eigenvalue weighted by Gasteiger charge is -2.15.